The van der Waals surface area contributed by atoms with Crippen molar-refractivity contribution < 1.29 is 4.79 Å². The predicted octanol–water partition coefficient (Wildman–Crippen LogP) is 4.02. The highest BCUT2D eigenvalue weighted by Gasteiger charge is 2.24. The Kier molecular flexibility index (Phi) is 11.0. The highest BCUT2D eigenvalue weighted by atomic mass is 16.5. The molecule has 1 amide bonds. The molecule has 5 heteroatoms. The van der Waals surface area contributed by atoms with E-state index in [1.807, 2.05) is 6.92 Å². The highest BCUT2D eigenvalue weighted by molar-refractivity contribution is 5.86. The third-order valence-corrected chi connectivity index (χ3v) is 4.49. The topological polar surface area (TPSA) is 67.8 Å². The maximum absolute atomic E-state index is 11.9. The number of aliphatic imine (C=N–C) groups is 1. The lowest BCUT2D eigenvalue weighted by molar-refractivity contribution is -0.119. The van der Waals surface area contributed by atoms with Crippen LogP contribution >= 0.6 is 0 Å². The monoisotopic (exact) mass is 348 g/mol. The van der Waals surface area contributed by atoms with Crippen LogP contribution in [0.15, 0.2) is 4.99 Å². The Labute approximate surface area is 153 Å². The first kappa shape index (κ1) is 21.5. The lowest BCUT2D eigenvalue weighted by Gasteiger charge is -2.26. The van der Waals surface area contributed by atoms with E-state index in [2.05, 4.69) is 29.1 Å². The standard InChI is InChI=1S/C20H34N3O2/c1-4-5-6-7-8-9-10-11-12-13-14-15-20-22-19(16-23(20)25)17(2)21-18(3)24/h17,19H,4-12,15-16H2,1-3H3,(H,21,24)/q-1. The number of hydrogen-bond donors (Lipinski definition) is 1. The molecule has 1 aliphatic rings. The van der Waals surface area contributed by atoms with Gasteiger partial charge < -0.3 is 15.6 Å². The minimum Gasteiger partial charge on any atom is -0.757 e. The van der Waals surface area contributed by atoms with Gasteiger partial charge in [0.1, 0.15) is 5.84 Å². The van der Waals surface area contributed by atoms with Gasteiger partial charge in [-0.05, 0) is 13.3 Å². The number of hydrogen-bond acceptors (Lipinski definition) is 4. The SMILES string of the molecule is CCCCCCCCCCC#CCC1=NC(C(C)NC(C)=O)CN1[O-]. The molecule has 1 N–H and O–H groups in total. The number of amidine groups is 1. The third kappa shape index (κ3) is 9.50. The van der Waals surface area contributed by atoms with Gasteiger partial charge in [0, 0.05) is 19.9 Å². The van der Waals surface area contributed by atoms with Crippen molar-refractivity contribution in [3.63, 3.8) is 0 Å². The number of carbonyl (C=O) groups is 1. The van der Waals surface area contributed by atoms with Gasteiger partial charge in [0.05, 0.1) is 18.5 Å². The van der Waals surface area contributed by atoms with Crippen molar-refractivity contribution in [3.05, 3.63) is 5.21 Å². The van der Waals surface area contributed by atoms with Crippen molar-refractivity contribution in [2.24, 2.45) is 4.99 Å². The Morgan fingerprint density at radius 3 is 2.52 bits per heavy atom. The van der Waals surface area contributed by atoms with Crippen LogP contribution in [0.25, 0.3) is 0 Å². The van der Waals surface area contributed by atoms with Gasteiger partial charge >= 0.3 is 0 Å². The first-order valence-corrected chi connectivity index (χ1v) is 9.78. The molecule has 0 bridgehead atoms. The number of nitrogens with one attached hydrogen (secondary N) is 1. The molecule has 0 saturated carbocycles. The minimum absolute atomic E-state index is 0.0984. The molecule has 25 heavy (non-hydrogen) atoms. The number of hydroxylamine groups is 2. The smallest absolute Gasteiger partial charge is 0.217 e. The summed E-state index contributed by atoms with van der Waals surface area (Å²) < 4.78 is 0. The van der Waals surface area contributed by atoms with E-state index in [0.717, 1.165) is 17.9 Å². The largest absolute Gasteiger partial charge is 0.757 e. The summed E-state index contributed by atoms with van der Waals surface area (Å²) >= 11 is 0. The van der Waals surface area contributed by atoms with Gasteiger partial charge in [-0.25, -0.2) is 0 Å². The molecule has 142 valence electrons. The Hall–Kier alpha value is -1.54. The van der Waals surface area contributed by atoms with E-state index in [0.29, 0.717) is 18.8 Å². The number of amides is 1. The summed E-state index contributed by atoms with van der Waals surface area (Å²) in [5.41, 5.74) is 0. The zero-order chi connectivity index (χ0) is 18.5. The fraction of sp³-hybridized carbons (Fsp3) is 0.800. The lowest BCUT2D eigenvalue weighted by atomic mass is 10.1. The van der Waals surface area contributed by atoms with Gasteiger partial charge in [-0.3, -0.25) is 9.79 Å². The molecule has 0 aromatic heterocycles. The van der Waals surface area contributed by atoms with Gasteiger partial charge in [-0.15, -0.1) is 5.92 Å². The number of carbonyl (C=O) groups excluding carboxylic acids is 1. The lowest BCUT2D eigenvalue weighted by Crippen LogP contribution is -2.41. The molecule has 2 atom stereocenters. The van der Waals surface area contributed by atoms with Gasteiger partial charge in [0.25, 0.3) is 0 Å². The van der Waals surface area contributed by atoms with Crippen molar-refractivity contribution >= 4 is 11.7 Å². The highest BCUT2D eigenvalue weighted by Crippen LogP contribution is 2.13. The van der Waals surface area contributed by atoms with Crippen LogP contribution in [0.5, 0.6) is 0 Å². The summed E-state index contributed by atoms with van der Waals surface area (Å²) in [6.07, 6.45) is 11.7. The van der Waals surface area contributed by atoms with E-state index in [1.165, 1.54) is 51.9 Å². The van der Waals surface area contributed by atoms with E-state index < -0.39 is 0 Å². The predicted molar refractivity (Wildman–Crippen MR) is 104 cm³/mol. The van der Waals surface area contributed by atoms with E-state index in [-0.39, 0.29) is 18.0 Å². The first-order valence-electron chi connectivity index (χ1n) is 9.78. The average Bonchev–Trinajstić information content (AvgIpc) is 2.93. The van der Waals surface area contributed by atoms with E-state index >= 15 is 0 Å². The van der Waals surface area contributed by atoms with Gasteiger partial charge in [0.15, 0.2) is 0 Å². The van der Waals surface area contributed by atoms with Crippen LogP contribution in [0.4, 0.5) is 0 Å². The summed E-state index contributed by atoms with van der Waals surface area (Å²) in [4.78, 5) is 15.5. The maximum atomic E-state index is 11.9. The number of unbranched alkanes of at least 4 members (excludes halogenated alkanes) is 8. The van der Waals surface area contributed by atoms with Crippen LogP contribution in [0.2, 0.25) is 0 Å². The normalized spacial score (nSPS) is 17.7. The molecule has 0 fully saturated rings. The quantitative estimate of drug-likeness (QED) is 0.453. The van der Waals surface area contributed by atoms with Crippen molar-refractivity contribution in [1.82, 2.24) is 10.4 Å². The fourth-order valence-electron chi connectivity index (χ4n) is 2.97. The zero-order valence-corrected chi connectivity index (χ0v) is 16.1. The summed E-state index contributed by atoms with van der Waals surface area (Å²) in [5.74, 6) is 6.61. The van der Waals surface area contributed by atoms with Gasteiger partial charge in [-0.2, -0.15) is 0 Å². The van der Waals surface area contributed by atoms with Crippen molar-refractivity contribution in [2.45, 2.75) is 97.1 Å². The van der Waals surface area contributed by atoms with Crippen molar-refractivity contribution in [1.29, 1.82) is 0 Å². The van der Waals surface area contributed by atoms with Crippen molar-refractivity contribution in [3.8, 4) is 11.8 Å². The third-order valence-electron chi connectivity index (χ3n) is 4.49. The number of rotatable bonds is 11. The molecule has 0 aromatic rings. The van der Waals surface area contributed by atoms with Crippen LogP contribution in [-0.2, 0) is 4.79 Å². The Morgan fingerprint density at radius 2 is 1.88 bits per heavy atom. The van der Waals surface area contributed by atoms with Crippen LogP contribution in [0, 0.1) is 17.0 Å². The van der Waals surface area contributed by atoms with E-state index in [1.54, 1.807) is 0 Å². The summed E-state index contributed by atoms with van der Waals surface area (Å²) in [5, 5.41) is 15.6. The first-order chi connectivity index (χ1) is 12.0. The van der Waals surface area contributed by atoms with E-state index in [4.69, 9.17) is 0 Å². The Balaban J connectivity index is 2.16. The Bertz CT molecular complexity index is 479. The second-order valence-corrected chi connectivity index (χ2v) is 6.92. The maximum Gasteiger partial charge on any atom is 0.217 e. The fourth-order valence-corrected chi connectivity index (χ4v) is 2.97. The van der Waals surface area contributed by atoms with Crippen LogP contribution in [0.3, 0.4) is 0 Å². The van der Waals surface area contributed by atoms with Gasteiger partial charge in [0.2, 0.25) is 5.91 Å². The molecule has 1 aliphatic heterocycles. The molecule has 0 aromatic carbocycles. The molecule has 1 rings (SSSR count). The molecule has 5 nitrogen and oxygen atoms in total. The molecular weight excluding hydrogens is 314 g/mol. The van der Waals surface area contributed by atoms with Crippen LogP contribution in [0.1, 0.15) is 85.0 Å². The summed E-state index contributed by atoms with van der Waals surface area (Å²) in [6, 6.07) is -0.303. The summed E-state index contributed by atoms with van der Waals surface area (Å²) in [6.45, 7) is 5.89. The molecule has 2 unspecified atom stereocenters. The number of nitrogens with zero attached hydrogens (tertiary/aromatic N) is 2. The zero-order valence-electron chi connectivity index (χ0n) is 16.1. The van der Waals surface area contributed by atoms with Crippen LogP contribution in [-0.4, -0.2) is 35.4 Å². The molecule has 0 aliphatic carbocycles. The van der Waals surface area contributed by atoms with E-state index in [9.17, 15) is 10.0 Å². The Morgan fingerprint density at radius 1 is 1.24 bits per heavy atom. The van der Waals surface area contributed by atoms with Crippen LogP contribution < -0.4 is 5.32 Å². The second kappa shape index (κ2) is 12.8. The molecule has 0 radical (unpaired) electrons. The second-order valence-electron chi connectivity index (χ2n) is 6.92. The van der Waals surface area contributed by atoms with Gasteiger partial charge in [-0.1, -0.05) is 57.8 Å². The molecule has 0 saturated heterocycles. The molecule has 0 spiro atoms. The molecular formula is C20H34N3O2-. The average molecular weight is 349 g/mol. The summed E-state index contributed by atoms with van der Waals surface area (Å²) in [7, 11) is 0. The van der Waals surface area contributed by atoms with Crippen molar-refractivity contribution in [2.75, 3.05) is 6.54 Å². The molecule has 1 heterocycles. The minimum atomic E-state index is -0.175.